The van der Waals surface area contributed by atoms with Crippen molar-refractivity contribution in [3.8, 4) is 17.6 Å². The van der Waals surface area contributed by atoms with E-state index in [2.05, 4.69) is 10.6 Å². The number of rotatable bonds is 10. The van der Waals surface area contributed by atoms with Crippen LogP contribution in [0, 0.1) is 11.3 Å². The topological polar surface area (TPSA) is 100 Å². The van der Waals surface area contributed by atoms with Crippen molar-refractivity contribution in [1.82, 2.24) is 0 Å². The lowest BCUT2D eigenvalue weighted by molar-refractivity contribution is -0.112. The fraction of sp³-hybridized carbons (Fsp3) is 0.148. The number of hydrogen-bond donors (Lipinski definition) is 2. The lowest BCUT2D eigenvalue weighted by Gasteiger charge is -2.10. The Labute approximate surface area is 198 Å². The van der Waals surface area contributed by atoms with Crippen molar-refractivity contribution >= 4 is 23.3 Å². The predicted octanol–water partition coefficient (Wildman–Crippen LogP) is 5.89. The largest absolute Gasteiger partial charge is 0.462 e. The number of amides is 1. The first-order valence-corrected chi connectivity index (χ1v) is 10.9. The normalized spacial score (nSPS) is 10.6. The molecule has 1 amide bonds. The van der Waals surface area contributed by atoms with Crippen molar-refractivity contribution in [3.05, 3.63) is 96.2 Å². The summed E-state index contributed by atoms with van der Waals surface area (Å²) in [4.78, 5) is 24.9. The molecule has 0 heterocycles. The van der Waals surface area contributed by atoms with E-state index in [1.165, 1.54) is 6.20 Å². The SMILES string of the molecule is CCCCOC(=O)c1ccccc1N/C=C(/C#N)C(=O)Nc1ccc(Oc2ccccc2)cc1. The van der Waals surface area contributed by atoms with E-state index in [0.29, 0.717) is 35.0 Å². The van der Waals surface area contributed by atoms with Crippen molar-refractivity contribution in [1.29, 1.82) is 5.26 Å². The fourth-order valence-corrected chi connectivity index (χ4v) is 2.90. The molecule has 0 aliphatic carbocycles. The van der Waals surface area contributed by atoms with Gasteiger partial charge in [0.25, 0.3) is 5.91 Å². The molecule has 0 aromatic heterocycles. The maximum absolute atomic E-state index is 12.6. The van der Waals surface area contributed by atoms with E-state index in [-0.39, 0.29) is 5.57 Å². The van der Waals surface area contributed by atoms with E-state index < -0.39 is 11.9 Å². The zero-order valence-corrected chi connectivity index (χ0v) is 18.8. The average Bonchev–Trinajstić information content (AvgIpc) is 2.86. The maximum Gasteiger partial charge on any atom is 0.340 e. The summed E-state index contributed by atoms with van der Waals surface area (Å²) in [5.41, 5.74) is 1.11. The Balaban J connectivity index is 1.63. The van der Waals surface area contributed by atoms with Gasteiger partial charge in [-0.2, -0.15) is 5.26 Å². The predicted molar refractivity (Wildman–Crippen MR) is 131 cm³/mol. The summed E-state index contributed by atoms with van der Waals surface area (Å²) in [6.45, 7) is 2.34. The molecule has 3 aromatic rings. The lowest BCUT2D eigenvalue weighted by Crippen LogP contribution is -2.15. The number of hydrogen-bond acceptors (Lipinski definition) is 6. The highest BCUT2D eigenvalue weighted by molar-refractivity contribution is 6.07. The number of carbonyl (C=O) groups is 2. The number of nitrogens with zero attached hydrogens (tertiary/aromatic N) is 1. The molecule has 172 valence electrons. The van der Waals surface area contributed by atoms with Gasteiger partial charge in [0, 0.05) is 11.9 Å². The van der Waals surface area contributed by atoms with Crippen LogP contribution in [0.2, 0.25) is 0 Å². The van der Waals surface area contributed by atoms with Crippen LogP contribution in [0.4, 0.5) is 11.4 Å². The standard InChI is InChI=1S/C27H25N3O4/c1-2-3-17-33-27(32)24-11-7-8-12-25(24)29-19-20(18-28)26(31)30-21-13-15-23(16-14-21)34-22-9-5-4-6-10-22/h4-16,19,29H,2-3,17H2,1H3,(H,30,31)/b20-19-. The molecular weight excluding hydrogens is 430 g/mol. The molecular formula is C27H25N3O4. The number of nitriles is 1. The number of para-hydroxylation sites is 2. The van der Waals surface area contributed by atoms with Crippen LogP contribution in [0.5, 0.6) is 11.5 Å². The van der Waals surface area contributed by atoms with Crippen LogP contribution in [-0.2, 0) is 9.53 Å². The number of esters is 1. The molecule has 0 aliphatic rings. The first kappa shape index (κ1) is 24.1. The van der Waals surface area contributed by atoms with E-state index >= 15 is 0 Å². The molecule has 0 atom stereocenters. The summed E-state index contributed by atoms with van der Waals surface area (Å²) in [6.07, 6.45) is 2.96. The minimum absolute atomic E-state index is 0.154. The van der Waals surface area contributed by atoms with E-state index in [0.717, 1.165) is 12.8 Å². The van der Waals surface area contributed by atoms with Gasteiger partial charge in [0.1, 0.15) is 23.1 Å². The van der Waals surface area contributed by atoms with Crippen molar-refractivity contribution in [2.75, 3.05) is 17.2 Å². The minimum Gasteiger partial charge on any atom is -0.462 e. The van der Waals surface area contributed by atoms with Crippen molar-refractivity contribution in [3.63, 3.8) is 0 Å². The fourth-order valence-electron chi connectivity index (χ4n) is 2.90. The van der Waals surface area contributed by atoms with Gasteiger partial charge >= 0.3 is 5.97 Å². The van der Waals surface area contributed by atoms with Gasteiger partial charge in [-0.1, -0.05) is 43.7 Å². The molecule has 7 nitrogen and oxygen atoms in total. The Morgan fingerprint density at radius 1 is 0.941 bits per heavy atom. The molecule has 0 saturated carbocycles. The number of anilines is 2. The molecule has 3 rings (SSSR count). The molecule has 0 saturated heterocycles. The highest BCUT2D eigenvalue weighted by atomic mass is 16.5. The zero-order chi connectivity index (χ0) is 24.2. The summed E-state index contributed by atoms with van der Waals surface area (Å²) in [5.74, 6) is 0.263. The van der Waals surface area contributed by atoms with Gasteiger partial charge in [-0.25, -0.2) is 4.79 Å². The second kappa shape index (κ2) is 12.5. The summed E-state index contributed by atoms with van der Waals surface area (Å²) in [5, 5.41) is 15.0. The Kier molecular flexibility index (Phi) is 8.83. The van der Waals surface area contributed by atoms with Crippen LogP contribution >= 0.6 is 0 Å². The molecule has 0 bridgehead atoms. The first-order chi connectivity index (χ1) is 16.6. The molecule has 2 N–H and O–H groups in total. The van der Waals surface area contributed by atoms with E-state index in [1.807, 2.05) is 43.3 Å². The molecule has 0 aliphatic heterocycles. The maximum atomic E-state index is 12.6. The second-order valence-electron chi connectivity index (χ2n) is 7.24. The zero-order valence-electron chi connectivity index (χ0n) is 18.8. The quantitative estimate of drug-likeness (QED) is 0.171. The molecule has 34 heavy (non-hydrogen) atoms. The first-order valence-electron chi connectivity index (χ1n) is 10.9. The average molecular weight is 456 g/mol. The number of carbonyl (C=O) groups excluding carboxylic acids is 2. The van der Waals surface area contributed by atoms with Crippen molar-refractivity contribution < 1.29 is 19.1 Å². The molecule has 0 spiro atoms. The summed E-state index contributed by atoms with van der Waals surface area (Å²) in [7, 11) is 0. The molecule has 7 heteroatoms. The third kappa shape index (κ3) is 6.97. The highest BCUT2D eigenvalue weighted by Gasteiger charge is 2.13. The Morgan fingerprint density at radius 2 is 1.62 bits per heavy atom. The van der Waals surface area contributed by atoms with Gasteiger partial charge < -0.3 is 20.1 Å². The number of benzene rings is 3. The summed E-state index contributed by atoms with van der Waals surface area (Å²) in [6, 6.07) is 24.8. The Hall–Kier alpha value is -4.57. The highest BCUT2D eigenvalue weighted by Crippen LogP contribution is 2.23. The van der Waals surface area contributed by atoms with Gasteiger partial charge in [0.2, 0.25) is 0 Å². The number of nitrogens with one attached hydrogen (secondary N) is 2. The lowest BCUT2D eigenvalue weighted by atomic mass is 10.1. The van der Waals surface area contributed by atoms with Crippen LogP contribution in [0.1, 0.15) is 30.1 Å². The van der Waals surface area contributed by atoms with Crippen LogP contribution in [0.3, 0.4) is 0 Å². The third-order valence-electron chi connectivity index (χ3n) is 4.71. The Morgan fingerprint density at radius 3 is 2.32 bits per heavy atom. The number of ether oxygens (including phenoxy) is 2. The van der Waals surface area contributed by atoms with Crippen LogP contribution in [0.25, 0.3) is 0 Å². The Bertz CT molecular complexity index is 1180. The minimum atomic E-state index is -0.588. The van der Waals surface area contributed by atoms with Gasteiger partial charge in [0.15, 0.2) is 0 Å². The van der Waals surface area contributed by atoms with Crippen LogP contribution in [0.15, 0.2) is 90.6 Å². The van der Waals surface area contributed by atoms with Crippen molar-refractivity contribution in [2.24, 2.45) is 0 Å². The number of unbranched alkanes of at least 4 members (excludes halogenated alkanes) is 1. The van der Waals surface area contributed by atoms with Gasteiger partial charge in [-0.3, -0.25) is 4.79 Å². The molecule has 3 aromatic carbocycles. The van der Waals surface area contributed by atoms with Gasteiger partial charge in [-0.05, 0) is 55.0 Å². The summed E-state index contributed by atoms with van der Waals surface area (Å²) < 4.78 is 11.0. The van der Waals surface area contributed by atoms with Crippen LogP contribution < -0.4 is 15.4 Å². The van der Waals surface area contributed by atoms with E-state index in [4.69, 9.17) is 9.47 Å². The summed E-state index contributed by atoms with van der Waals surface area (Å²) >= 11 is 0. The second-order valence-corrected chi connectivity index (χ2v) is 7.24. The van der Waals surface area contributed by atoms with Crippen LogP contribution in [-0.4, -0.2) is 18.5 Å². The van der Waals surface area contributed by atoms with Crippen molar-refractivity contribution in [2.45, 2.75) is 19.8 Å². The third-order valence-corrected chi connectivity index (χ3v) is 4.71. The van der Waals surface area contributed by atoms with Gasteiger partial charge in [-0.15, -0.1) is 0 Å². The van der Waals surface area contributed by atoms with Gasteiger partial charge in [0.05, 0.1) is 17.9 Å². The molecule has 0 radical (unpaired) electrons. The van der Waals surface area contributed by atoms with E-state index in [1.54, 1.807) is 48.5 Å². The molecule has 0 fully saturated rings. The molecule has 0 unspecified atom stereocenters. The van der Waals surface area contributed by atoms with E-state index in [9.17, 15) is 14.9 Å². The monoisotopic (exact) mass is 455 g/mol. The smallest absolute Gasteiger partial charge is 0.340 e.